The molecule has 3 unspecified atom stereocenters. The molecule has 0 radical (unpaired) electrons. The molecule has 2 heterocycles. The Bertz CT molecular complexity index is 1190. The van der Waals surface area contributed by atoms with Gasteiger partial charge in [0.25, 0.3) is 0 Å². The van der Waals surface area contributed by atoms with Gasteiger partial charge < -0.3 is 10.1 Å². The van der Waals surface area contributed by atoms with E-state index in [1.54, 1.807) is 30.5 Å². The molecule has 6 nitrogen and oxygen atoms in total. The van der Waals surface area contributed by atoms with Gasteiger partial charge >= 0.3 is 0 Å². The number of benzene rings is 1. The molecule has 0 saturated heterocycles. The van der Waals surface area contributed by atoms with Crippen LogP contribution < -0.4 is 10.1 Å². The molecular weight excluding hydrogens is 407 g/mol. The lowest BCUT2D eigenvalue weighted by molar-refractivity contribution is -0.121. The second-order valence-electron chi connectivity index (χ2n) is 8.63. The summed E-state index contributed by atoms with van der Waals surface area (Å²) in [5.74, 6) is 2.02. The lowest BCUT2D eigenvalue weighted by atomic mass is 9.93. The normalized spacial score (nSPS) is 24.4. The number of fused-ring (bicyclic) bond motifs is 2. The van der Waals surface area contributed by atoms with Crippen molar-refractivity contribution in [1.82, 2.24) is 9.97 Å². The first kappa shape index (κ1) is 20.4. The number of nitriles is 1. The molecule has 2 fully saturated rings. The summed E-state index contributed by atoms with van der Waals surface area (Å²) in [7, 11) is 0. The second kappa shape index (κ2) is 8.19. The largest absolute Gasteiger partial charge is 0.490 e. The number of aromatic nitrogens is 2. The fourth-order valence-electron chi connectivity index (χ4n) is 5.30. The summed E-state index contributed by atoms with van der Waals surface area (Å²) in [5.41, 5.74) is 1.17. The zero-order chi connectivity index (χ0) is 22.2. The van der Waals surface area contributed by atoms with Gasteiger partial charge in [0, 0.05) is 23.7 Å². The highest BCUT2D eigenvalue weighted by molar-refractivity contribution is 5.92. The molecule has 2 aliphatic carbocycles. The van der Waals surface area contributed by atoms with Crippen LogP contribution in [0.4, 0.5) is 10.2 Å². The summed E-state index contributed by atoms with van der Waals surface area (Å²) >= 11 is 0. The van der Waals surface area contributed by atoms with Gasteiger partial charge in [-0.05, 0) is 73.4 Å². The van der Waals surface area contributed by atoms with E-state index in [4.69, 9.17) is 10.00 Å². The molecule has 5 atom stereocenters. The number of amides is 1. The average Bonchev–Trinajstić information content (AvgIpc) is 3.27. The van der Waals surface area contributed by atoms with E-state index in [0.29, 0.717) is 45.8 Å². The van der Waals surface area contributed by atoms with Crippen molar-refractivity contribution in [3.63, 3.8) is 0 Å². The van der Waals surface area contributed by atoms with Crippen LogP contribution in [0.2, 0.25) is 0 Å². The standard InChI is InChI=1S/C25H23FN4O2/c1-2-17(25(31)30-23-6-3-14(12-27)13-29-23)24-18-10-16(11-19(18)24)32-22-7-8-28-21-5-4-15(26)9-20(21)22/h3-9,13,16-19,24H,2,10-11H2,1H3,(H,29,30,31)/t16?,17?,18-,19+,24?. The maximum Gasteiger partial charge on any atom is 0.228 e. The number of carbonyl (C=O) groups is 1. The summed E-state index contributed by atoms with van der Waals surface area (Å²) in [6, 6.07) is 11.6. The molecule has 1 amide bonds. The molecule has 0 spiro atoms. The Morgan fingerprint density at radius 1 is 1.25 bits per heavy atom. The molecule has 5 rings (SSSR count). The first-order chi connectivity index (χ1) is 15.6. The number of nitrogens with one attached hydrogen (secondary N) is 1. The van der Waals surface area contributed by atoms with Gasteiger partial charge in [-0.1, -0.05) is 6.92 Å². The van der Waals surface area contributed by atoms with Gasteiger partial charge in [-0.3, -0.25) is 9.78 Å². The molecule has 7 heteroatoms. The van der Waals surface area contributed by atoms with Crippen LogP contribution in [0.5, 0.6) is 5.75 Å². The number of ether oxygens (including phenoxy) is 1. The van der Waals surface area contributed by atoms with Crippen LogP contribution >= 0.6 is 0 Å². The van der Waals surface area contributed by atoms with Gasteiger partial charge in [-0.2, -0.15) is 5.26 Å². The molecule has 1 N–H and O–H groups in total. The van der Waals surface area contributed by atoms with Gasteiger partial charge in [0.05, 0.1) is 17.2 Å². The van der Waals surface area contributed by atoms with Crippen LogP contribution in [-0.4, -0.2) is 22.0 Å². The molecule has 162 valence electrons. The molecule has 2 aliphatic rings. The van der Waals surface area contributed by atoms with E-state index >= 15 is 0 Å². The molecule has 3 aromatic rings. The van der Waals surface area contributed by atoms with Gasteiger partial charge in [0.2, 0.25) is 5.91 Å². The van der Waals surface area contributed by atoms with Crippen LogP contribution in [0.3, 0.4) is 0 Å². The third-order valence-corrected chi connectivity index (χ3v) is 6.81. The number of pyridine rings is 2. The van der Waals surface area contributed by atoms with E-state index in [1.165, 1.54) is 18.3 Å². The number of carbonyl (C=O) groups excluding carboxylic acids is 1. The minimum Gasteiger partial charge on any atom is -0.490 e. The predicted octanol–water partition coefficient (Wildman–Crippen LogP) is 4.71. The van der Waals surface area contributed by atoms with Crippen molar-refractivity contribution in [3.8, 4) is 11.8 Å². The molecule has 2 saturated carbocycles. The highest BCUT2D eigenvalue weighted by Gasteiger charge is 2.60. The minimum atomic E-state index is -0.307. The van der Waals surface area contributed by atoms with E-state index in [2.05, 4.69) is 15.3 Å². The predicted molar refractivity (Wildman–Crippen MR) is 117 cm³/mol. The summed E-state index contributed by atoms with van der Waals surface area (Å²) < 4.78 is 19.9. The second-order valence-corrected chi connectivity index (χ2v) is 8.63. The fourth-order valence-corrected chi connectivity index (χ4v) is 5.30. The van der Waals surface area contributed by atoms with E-state index in [1.807, 2.05) is 13.0 Å². The monoisotopic (exact) mass is 430 g/mol. The number of halogens is 1. The van der Waals surface area contributed by atoms with Crippen LogP contribution in [-0.2, 0) is 4.79 Å². The van der Waals surface area contributed by atoms with Crippen LogP contribution in [0.15, 0.2) is 48.8 Å². The third kappa shape index (κ3) is 3.77. The highest BCUT2D eigenvalue weighted by Crippen LogP contribution is 2.62. The van der Waals surface area contributed by atoms with E-state index in [0.717, 1.165) is 19.3 Å². The van der Waals surface area contributed by atoms with Crippen molar-refractivity contribution in [2.24, 2.45) is 23.7 Å². The summed E-state index contributed by atoms with van der Waals surface area (Å²) in [6.07, 6.45) is 5.76. The minimum absolute atomic E-state index is 0.0165. The van der Waals surface area contributed by atoms with Gasteiger partial charge in [-0.25, -0.2) is 9.37 Å². The maximum atomic E-state index is 13.7. The molecule has 0 aliphatic heterocycles. The van der Waals surface area contributed by atoms with Crippen molar-refractivity contribution < 1.29 is 13.9 Å². The maximum absolute atomic E-state index is 13.7. The third-order valence-electron chi connectivity index (χ3n) is 6.81. The Morgan fingerprint density at radius 2 is 2.06 bits per heavy atom. The van der Waals surface area contributed by atoms with Crippen molar-refractivity contribution in [3.05, 3.63) is 60.2 Å². The average molecular weight is 430 g/mol. The summed E-state index contributed by atoms with van der Waals surface area (Å²) in [6.45, 7) is 2.04. The van der Waals surface area contributed by atoms with Crippen molar-refractivity contribution in [1.29, 1.82) is 5.26 Å². The Kier molecular flexibility index (Phi) is 5.22. The van der Waals surface area contributed by atoms with Crippen LogP contribution in [0.1, 0.15) is 31.7 Å². The zero-order valence-corrected chi connectivity index (χ0v) is 17.7. The van der Waals surface area contributed by atoms with Crippen molar-refractivity contribution >= 4 is 22.6 Å². The SMILES string of the molecule is CCC(C(=O)Nc1ccc(C#N)cn1)C1[C@H]2CC(Oc3ccnc4ccc(F)cc34)C[C@@H]12. The van der Waals surface area contributed by atoms with E-state index in [-0.39, 0.29) is 23.7 Å². The van der Waals surface area contributed by atoms with Gasteiger partial charge in [0.15, 0.2) is 0 Å². The summed E-state index contributed by atoms with van der Waals surface area (Å²) in [5, 5.41) is 12.5. The number of hydrogen-bond donors (Lipinski definition) is 1. The lowest BCUT2D eigenvalue weighted by Gasteiger charge is -2.21. The Labute approximate surface area is 185 Å². The number of rotatable bonds is 6. The molecule has 1 aromatic carbocycles. The van der Waals surface area contributed by atoms with Gasteiger partial charge in [0.1, 0.15) is 23.5 Å². The number of nitrogens with zero attached hydrogens (tertiary/aromatic N) is 3. The zero-order valence-electron chi connectivity index (χ0n) is 17.7. The van der Waals surface area contributed by atoms with Crippen molar-refractivity contribution in [2.45, 2.75) is 32.3 Å². The smallest absolute Gasteiger partial charge is 0.228 e. The lowest BCUT2D eigenvalue weighted by Crippen LogP contribution is -2.27. The number of anilines is 1. The first-order valence-electron chi connectivity index (χ1n) is 10.9. The Hall–Kier alpha value is -3.53. The topological polar surface area (TPSA) is 87.9 Å². The van der Waals surface area contributed by atoms with Gasteiger partial charge in [-0.15, -0.1) is 0 Å². The molecule has 0 bridgehead atoms. The van der Waals surface area contributed by atoms with E-state index in [9.17, 15) is 9.18 Å². The van der Waals surface area contributed by atoms with Crippen LogP contribution in [0, 0.1) is 40.8 Å². The van der Waals surface area contributed by atoms with Crippen molar-refractivity contribution in [2.75, 3.05) is 5.32 Å². The Balaban J connectivity index is 1.21. The quantitative estimate of drug-likeness (QED) is 0.612. The van der Waals surface area contributed by atoms with E-state index < -0.39 is 0 Å². The highest BCUT2D eigenvalue weighted by atomic mass is 19.1. The molecular formula is C25H23FN4O2. The summed E-state index contributed by atoms with van der Waals surface area (Å²) in [4.78, 5) is 21.3. The fraction of sp³-hybridized carbons (Fsp3) is 0.360. The molecule has 2 aromatic heterocycles. The number of hydrogen-bond acceptors (Lipinski definition) is 5. The Morgan fingerprint density at radius 3 is 2.75 bits per heavy atom. The van der Waals surface area contributed by atoms with Crippen LogP contribution in [0.25, 0.3) is 10.9 Å². The first-order valence-corrected chi connectivity index (χ1v) is 10.9. The molecule has 32 heavy (non-hydrogen) atoms.